The molecule has 0 bridgehead atoms. The van der Waals surface area contributed by atoms with Crippen molar-refractivity contribution in [2.45, 2.75) is 20.1 Å². The first-order chi connectivity index (χ1) is 15.5. The molecule has 0 aliphatic rings. The van der Waals surface area contributed by atoms with E-state index in [9.17, 15) is 13.6 Å². The van der Waals surface area contributed by atoms with Crippen molar-refractivity contribution in [2.24, 2.45) is 0 Å². The second-order valence-electron chi connectivity index (χ2n) is 6.52. The quantitative estimate of drug-likeness (QED) is 0.433. The molecule has 2 aromatic carbocycles. The Kier molecular flexibility index (Phi) is 8.14. The average molecular weight is 440 g/mol. The predicted octanol–water partition coefficient (Wildman–Crippen LogP) is 5.31. The van der Waals surface area contributed by atoms with Gasteiger partial charge in [-0.05, 0) is 48.9 Å². The molecule has 0 fully saturated rings. The van der Waals surface area contributed by atoms with Crippen LogP contribution in [0.5, 0.6) is 17.2 Å². The fourth-order valence-corrected chi connectivity index (χ4v) is 2.76. The summed E-state index contributed by atoms with van der Waals surface area (Å²) in [5, 5.41) is 2.75. The zero-order chi connectivity index (χ0) is 22.8. The minimum atomic E-state index is -2.95. The fourth-order valence-electron chi connectivity index (χ4n) is 2.76. The molecular weight excluding hydrogens is 418 g/mol. The van der Waals surface area contributed by atoms with Gasteiger partial charge < -0.3 is 19.5 Å². The van der Waals surface area contributed by atoms with Gasteiger partial charge in [0.15, 0.2) is 11.5 Å². The van der Waals surface area contributed by atoms with Crippen LogP contribution in [0.25, 0.3) is 6.08 Å². The van der Waals surface area contributed by atoms with E-state index in [0.29, 0.717) is 23.6 Å². The Bertz CT molecular complexity index is 1060. The first-order valence-corrected chi connectivity index (χ1v) is 9.86. The summed E-state index contributed by atoms with van der Waals surface area (Å²) in [6.45, 7) is -0.577. The van der Waals surface area contributed by atoms with Gasteiger partial charge in [0, 0.05) is 35.8 Å². The SMILES string of the molecule is CCOc1cc(/C=C/C(=O)Nc2cccc(OCc3cccnc3)c2)ccc1OC(F)F. The third-order valence-corrected chi connectivity index (χ3v) is 4.14. The van der Waals surface area contributed by atoms with E-state index in [1.165, 1.54) is 18.2 Å². The van der Waals surface area contributed by atoms with Crippen molar-refractivity contribution in [1.29, 1.82) is 0 Å². The van der Waals surface area contributed by atoms with Crippen LogP contribution in [0.1, 0.15) is 18.1 Å². The number of carbonyl (C=O) groups excluding carboxylic acids is 1. The molecule has 0 unspecified atom stereocenters. The van der Waals surface area contributed by atoms with Crippen molar-refractivity contribution in [3.8, 4) is 17.2 Å². The van der Waals surface area contributed by atoms with Gasteiger partial charge in [-0.2, -0.15) is 8.78 Å². The number of alkyl halides is 2. The number of ether oxygens (including phenoxy) is 3. The normalized spacial score (nSPS) is 10.9. The number of halogens is 2. The molecule has 1 aromatic heterocycles. The molecule has 166 valence electrons. The molecule has 8 heteroatoms. The van der Waals surface area contributed by atoms with E-state index >= 15 is 0 Å². The minimum absolute atomic E-state index is 0.0634. The number of pyridine rings is 1. The molecule has 32 heavy (non-hydrogen) atoms. The number of anilines is 1. The maximum Gasteiger partial charge on any atom is 0.387 e. The van der Waals surface area contributed by atoms with Crippen molar-refractivity contribution < 1.29 is 27.8 Å². The highest BCUT2D eigenvalue weighted by molar-refractivity contribution is 6.02. The largest absolute Gasteiger partial charge is 0.490 e. The van der Waals surface area contributed by atoms with Crippen molar-refractivity contribution in [3.63, 3.8) is 0 Å². The Hall–Kier alpha value is -3.94. The van der Waals surface area contributed by atoms with Gasteiger partial charge in [-0.3, -0.25) is 9.78 Å². The molecule has 1 heterocycles. The first kappa shape index (κ1) is 22.7. The predicted molar refractivity (Wildman–Crippen MR) is 117 cm³/mol. The van der Waals surface area contributed by atoms with Gasteiger partial charge in [-0.15, -0.1) is 0 Å². The van der Waals surface area contributed by atoms with Crippen LogP contribution in [0.2, 0.25) is 0 Å². The topological polar surface area (TPSA) is 69.7 Å². The molecule has 0 radical (unpaired) electrons. The maximum absolute atomic E-state index is 12.5. The highest BCUT2D eigenvalue weighted by Crippen LogP contribution is 2.30. The van der Waals surface area contributed by atoms with E-state index in [0.717, 1.165) is 5.56 Å². The van der Waals surface area contributed by atoms with Gasteiger partial charge in [0.2, 0.25) is 5.91 Å². The fraction of sp³-hybridized carbons (Fsp3) is 0.167. The number of nitrogens with zero attached hydrogens (tertiary/aromatic N) is 1. The van der Waals surface area contributed by atoms with Crippen LogP contribution < -0.4 is 19.5 Å². The second-order valence-corrected chi connectivity index (χ2v) is 6.52. The Balaban J connectivity index is 1.61. The van der Waals surface area contributed by atoms with E-state index in [1.54, 1.807) is 55.7 Å². The van der Waals surface area contributed by atoms with E-state index < -0.39 is 6.61 Å². The highest BCUT2D eigenvalue weighted by Gasteiger charge is 2.11. The van der Waals surface area contributed by atoms with Gasteiger partial charge in [0.1, 0.15) is 12.4 Å². The summed E-state index contributed by atoms with van der Waals surface area (Å²) in [7, 11) is 0. The van der Waals surface area contributed by atoms with Gasteiger partial charge >= 0.3 is 6.61 Å². The third kappa shape index (κ3) is 7.09. The Morgan fingerprint density at radius 2 is 1.97 bits per heavy atom. The maximum atomic E-state index is 12.5. The first-order valence-electron chi connectivity index (χ1n) is 9.86. The number of benzene rings is 2. The van der Waals surface area contributed by atoms with Crippen LogP contribution in [-0.2, 0) is 11.4 Å². The standard InChI is InChI=1S/C24H22F2N2O4/c1-2-30-22-13-17(8-10-21(22)32-24(25)26)9-11-23(29)28-19-6-3-7-20(14-19)31-16-18-5-4-12-27-15-18/h3-15,24H,2,16H2,1H3,(H,28,29)/b11-9+. The van der Waals surface area contributed by atoms with E-state index in [1.807, 2.05) is 12.1 Å². The van der Waals surface area contributed by atoms with Crippen LogP contribution in [0.4, 0.5) is 14.5 Å². The van der Waals surface area contributed by atoms with Crippen LogP contribution >= 0.6 is 0 Å². The van der Waals surface area contributed by atoms with Gasteiger partial charge in [-0.1, -0.05) is 18.2 Å². The number of nitrogens with one attached hydrogen (secondary N) is 1. The molecule has 0 atom stereocenters. The average Bonchev–Trinajstić information content (AvgIpc) is 2.79. The van der Waals surface area contributed by atoms with Crippen LogP contribution in [0.3, 0.4) is 0 Å². The molecular formula is C24H22F2N2O4. The summed E-state index contributed by atoms with van der Waals surface area (Å²) in [4.78, 5) is 16.3. The number of hydrogen-bond donors (Lipinski definition) is 1. The molecule has 3 rings (SSSR count). The van der Waals surface area contributed by atoms with Crippen LogP contribution in [-0.4, -0.2) is 24.1 Å². The molecule has 0 spiro atoms. The smallest absolute Gasteiger partial charge is 0.387 e. The minimum Gasteiger partial charge on any atom is -0.490 e. The lowest BCUT2D eigenvalue weighted by atomic mass is 10.2. The molecule has 0 saturated heterocycles. The van der Waals surface area contributed by atoms with Gasteiger partial charge in [-0.25, -0.2) is 0 Å². The monoisotopic (exact) mass is 440 g/mol. The van der Waals surface area contributed by atoms with Crippen molar-refractivity contribution in [3.05, 3.63) is 84.2 Å². The number of rotatable bonds is 10. The third-order valence-electron chi connectivity index (χ3n) is 4.14. The molecule has 6 nitrogen and oxygen atoms in total. The Labute approximate surface area is 184 Å². The molecule has 0 saturated carbocycles. The summed E-state index contributed by atoms with van der Waals surface area (Å²) in [6, 6.07) is 15.2. The lowest BCUT2D eigenvalue weighted by Gasteiger charge is -2.11. The zero-order valence-corrected chi connectivity index (χ0v) is 17.3. The number of amides is 1. The van der Waals surface area contributed by atoms with Crippen molar-refractivity contribution >= 4 is 17.7 Å². The Morgan fingerprint density at radius 3 is 2.72 bits per heavy atom. The highest BCUT2D eigenvalue weighted by atomic mass is 19.3. The van der Waals surface area contributed by atoms with E-state index in [4.69, 9.17) is 9.47 Å². The van der Waals surface area contributed by atoms with Gasteiger partial charge in [0.25, 0.3) is 0 Å². The van der Waals surface area contributed by atoms with Crippen molar-refractivity contribution in [1.82, 2.24) is 4.98 Å². The molecule has 1 N–H and O–H groups in total. The zero-order valence-electron chi connectivity index (χ0n) is 17.3. The second kappa shape index (κ2) is 11.5. The number of aromatic nitrogens is 1. The summed E-state index contributed by atoms with van der Waals surface area (Å²) >= 11 is 0. The van der Waals surface area contributed by atoms with Crippen LogP contribution in [0.15, 0.2) is 73.1 Å². The summed E-state index contributed by atoms with van der Waals surface area (Å²) in [6.07, 6.45) is 6.30. The van der Waals surface area contributed by atoms with Crippen LogP contribution in [0, 0.1) is 0 Å². The van der Waals surface area contributed by atoms with Gasteiger partial charge in [0.05, 0.1) is 6.61 Å². The Morgan fingerprint density at radius 1 is 1.09 bits per heavy atom. The molecule has 0 aliphatic heterocycles. The summed E-state index contributed by atoms with van der Waals surface area (Å²) in [5.41, 5.74) is 2.10. The number of hydrogen-bond acceptors (Lipinski definition) is 5. The van der Waals surface area contributed by atoms with E-state index in [-0.39, 0.29) is 24.0 Å². The molecule has 0 aliphatic carbocycles. The molecule has 3 aromatic rings. The van der Waals surface area contributed by atoms with E-state index in [2.05, 4.69) is 15.0 Å². The summed E-state index contributed by atoms with van der Waals surface area (Å²) < 4.78 is 40.5. The summed E-state index contributed by atoms with van der Waals surface area (Å²) in [5.74, 6) is 0.354. The lowest BCUT2D eigenvalue weighted by molar-refractivity contribution is -0.111. The molecule has 1 amide bonds. The lowest BCUT2D eigenvalue weighted by Crippen LogP contribution is -2.08. The van der Waals surface area contributed by atoms with Crippen molar-refractivity contribution in [2.75, 3.05) is 11.9 Å². The number of carbonyl (C=O) groups is 1.